The predicted octanol–water partition coefficient (Wildman–Crippen LogP) is 2.57. The van der Waals surface area contributed by atoms with Gasteiger partial charge < -0.3 is 10.8 Å². The lowest BCUT2D eigenvalue weighted by molar-refractivity contribution is 0.165. The van der Waals surface area contributed by atoms with E-state index in [-0.39, 0.29) is 8.41 Å². The number of hydrogen-bond acceptors (Lipinski definition) is 3. The van der Waals surface area contributed by atoms with Gasteiger partial charge in [0, 0.05) is 18.4 Å². The third-order valence-electron chi connectivity index (χ3n) is 1.76. The van der Waals surface area contributed by atoms with Gasteiger partial charge in [0.2, 0.25) is 0 Å². The van der Waals surface area contributed by atoms with Crippen LogP contribution in [0.5, 0.6) is 0 Å². The van der Waals surface area contributed by atoms with Crippen LogP contribution in [0.1, 0.15) is 18.1 Å². The summed E-state index contributed by atoms with van der Waals surface area (Å²) in [4.78, 5) is 0. The number of nitrogens with two attached hydrogens (primary N) is 1. The van der Waals surface area contributed by atoms with Gasteiger partial charge in [0.05, 0.1) is 6.10 Å². The molecular weight excluding hydrogens is 304 g/mol. The first kappa shape index (κ1) is 19.3. The monoisotopic (exact) mass is 320 g/mol. The Morgan fingerprint density at radius 3 is 2.47 bits per heavy atom. The van der Waals surface area contributed by atoms with Crippen LogP contribution in [0.4, 0.5) is 4.39 Å². The molecule has 0 spiro atoms. The molecular formula is C11H17BBrFNOS. The molecule has 1 aromatic carbocycles. The van der Waals surface area contributed by atoms with Gasteiger partial charge in [0.15, 0.2) is 0 Å². The minimum atomic E-state index is -0.817. The lowest BCUT2D eigenvalue weighted by atomic mass is 10.1. The van der Waals surface area contributed by atoms with E-state index >= 15 is 0 Å². The summed E-state index contributed by atoms with van der Waals surface area (Å²) >= 11 is 4.96. The SMILES string of the molecule is CSC.NCCC(O)c1cc(Br)ccc1F.[B]. The zero-order chi connectivity index (χ0) is 12.6. The van der Waals surface area contributed by atoms with Crippen LogP contribution in [0.3, 0.4) is 0 Å². The quantitative estimate of drug-likeness (QED) is 0.841. The number of rotatable bonds is 3. The van der Waals surface area contributed by atoms with Crippen molar-refractivity contribution in [3.63, 3.8) is 0 Å². The molecule has 1 atom stereocenters. The number of benzene rings is 1. The smallest absolute Gasteiger partial charge is 0.129 e. The molecule has 3 radical (unpaired) electrons. The highest BCUT2D eigenvalue weighted by molar-refractivity contribution is 9.10. The van der Waals surface area contributed by atoms with Crippen LogP contribution in [-0.4, -0.2) is 32.6 Å². The van der Waals surface area contributed by atoms with E-state index in [1.807, 2.05) is 12.5 Å². The lowest BCUT2D eigenvalue weighted by Crippen LogP contribution is -2.08. The number of halogens is 2. The van der Waals surface area contributed by atoms with Gasteiger partial charge in [-0.15, -0.1) is 0 Å². The number of hydrogen-bond donors (Lipinski definition) is 2. The topological polar surface area (TPSA) is 46.2 Å². The van der Waals surface area contributed by atoms with Crippen molar-refractivity contribution >= 4 is 36.1 Å². The van der Waals surface area contributed by atoms with Gasteiger partial charge >= 0.3 is 0 Å². The van der Waals surface area contributed by atoms with E-state index in [0.29, 0.717) is 18.5 Å². The molecule has 0 saturated carbocycles. The maximum atomic E-state index is 13.1. The molecule has 95 valence electrons. The van der Waals surface area contributed by atoms with Crippen molar-refractivity contribution < 1.29 is 9.50 Å². The maximum Gasteiger partial charge on any atom is 0.129 e. The fraction of sp³-hybridized carbons (Fsp3) is 0.455. The molecule has 1 aromatic rings. The standard InChI is InChI=1S/C9H11BrFNO.C2H6S.B/c10-6-1-2-8(11)7(5-6)9(13)3-4-12;1-3-2;/h1-2,5,9,13H,3-4,12H2;1-2H3;. The normalized spacial score (nSPS) is 10.9. The summed E-state index contributed by atoms with van der Waals surface area (Å²) in [6.07, 6.45) is 3.63. The number of aliphatic hydroxyl groups is 1. The summed E-state index contributed by atoms with van der Waals surface area (Å²) in [7, 11) is 0. The van der Waals surface area contributed by atoms with Gasteiger partial charge in [-0.3, -0.25) is 0 Å². The zero-order valence-corrected chi connectivity index (χ0v) is 12.4. The van der Waals surface area contributed by atoms with E-state index in [1.54, 1.807) is 23.9 Å². The minimum Gasteiger partial charge on any atom is -0.388 e. The Bertz CT molecular complexity index is 318. The van der Waals surface area contributed by atoms with Crippen molar-refractivity contribution in [2.45, 2.75) is 12.5 Å². The molecule has 0 amide bonds. The highest BCUT2D eigenvalue weighted by atomic mass is 79.9. The summed E-state index contributed by atoms with van der Waals surface area (Å²) < 4.78 is 13.9. The van der Waals surface area contributed by atoms with Crippen LogP contribution >= 0.6 is 27.7 Å². The third kappa shape index (κ3) is 7.81. The first-order valence-corrected chi connectivity index (χ1v) is 7.22. The zero-order valence-electron chi connectivity index (χ0n) is 9.99. The molecule has 0 saturated heterocycles. The van der Waals surface area contributed by atoms with Crippen LogP contribution < -0.4 is 5.73 Å². The third-order valence-corrected chi connectivity index (χ3v) is 2.25. The Morgan fingerprint density at radius 1 is 1.47 bits per heavy atom. The van der Waals surface area contributed by atoms with Gasteiger partial charge in [-0.2, -0.15) is 11.8 Å². The second-order valence-electron chi connectivity index (χ2n) is 3.17. The molecule has 0 fully saturated rings. The summed E-state index contributed by atoms with van der Waals surface area (Å²) in [5, 5.41) is 9.48. The summed E-state index contributed by atoms with van der Waals surface area (Å²) in [6, 6.07) is 4.48. The molecule has 0 aromatic heterocycles. The van der Waals surface area contributed by atoms with Crippen molar-refractivity contribution in [1.29, 1.82) is 0 Å². The van der Waals surface area contributed by atoms with E-state index in [2.05, 4.69) is 15.9 Å². The average molecular weight is 321 g/mol. The molecule has 0 aliphatic carbocycles. The molecule has 2 nitrogen and oxygen atoms in total. The molecule has 6 heteroatoms. The summed E-state index contributed by atoms with van der Waals surface area (Å²) in [6.45, 7) is 0.340. The first-order valence-electron chi connectivity index (χ1n) is 4.80. The molecule has 0 heterocycles. The summed E-state index contributed by atoms with van der Waals surface area (Å²) in [5.41, 5.74) is 5.55. The van der Waals surface area contributed by atoms with Crippen LogP contribution in [0.2, 0.25) is 0 Å². The minimum absolute atomic E-state index is 0. The maximum absolute atomic E-state index is 13.1. The number of aliphatic hydroxyl groups excluding tert-OH is 1. The first-order chi connectivity index (χ1) is 7.56. The van der Waals surface area contributed by atoms with E-state index in [1.165, 1.54) is 6.07 Å². The van der Waals surface area contributed by atoms with Crippen LogP contribution in [0, 0.1) is 5.82 Å². The Labute approximate surface area is 117 Å². The second kappa shape index (κ2) is 11.1. The van der Waals surface area contributed by atoms with Crippen LogP contribution in [0.25, 0.3) is 0 Å². The van der Waals surface area contributed by atoms with Crippen molar-refractivity contribution in [3.8, 4) is 0 Å². The van der Waals surface area contributed by atoms with E-state index in [0.717, 1.165) is 4.47 Å². The predicted molar refractivity (Wildman–Crippen MR) is 77.9 cm³/mol. The molecule has 0 aliphatic heterocycles. The molecule has 0 aliphatic rings. The lowest BCUT2D eigenvalue weighted by Gasteiger charge is -2.10. The van der Waals surface area contributed by atoms with Crippen molar-refractivity contribution in [1.82, 2.24) is 0 Å². The Kier molecular flexibility index (Phi) is 12.6. The molecule has 17 heavy (non-hydrogen) atoms. The largest absolute Gasteiger partial charge is 0.388 e. The van der Waals surface area contributed by atoms with Gasteiger partial charge in [0.1, 0.15) is 5.82 Å². The van der Waals surface area contributed by atoms with Crippen molar-refractivity contribution in [2.24, 2.45) is 5.73 Å². The average Bonchev–Trinajstić information content (AvgIpc) is 2.23. The second-order valence-corrected chi connectivity index (χ2v) is 4.90. The molecule has 1 rings (SSSR count). The van der Waals surface area contributed by atoms with E-state index < -0.39 is 11.9 Å². The van der Waals surface area contributed by atoms with Crippen LogP contribution in [-0.2, 0) is 0 Å². The summed E-state index contributed by atoms with van der Waals surface area (Å²) in [5.74, 6) is -0.399. The fourth-order valence-corrected chi connectivity index (χ4v) is 1.46. The Balaban J connectivity index is 0. The van der Waals surface area contributed by atoms with E-state index in [9.17, 15) is 9.50 Å². The number of thioether (sulfide) groups is 1. The van der Waals surface area contributed by atoms with Gasteiger partial charge in [-0.1, -0.05) is 15.9 Å². The molecule has 1 unspecified atom stereocenters. The Morgan fingerprint density at radius 2 is 2.00 bits per heavy atom. The van der Waals surface area contributed by atoms with Gasteiger partial charge in [0.25, 0.3) is 0 Å². The fourth-order valence-electron chi connectivity index (χ4n) is 1.08. The molecule has 3 N–H and O–H groups in total. The van der Waals surface area contributed by atoms with Crippen molar-refractivity contribution in [2.75, 3.05) is 19.1 Å². The highest BCUT2D eigenvalue weighted by Gasteiger charge is 2.11. The van der Waals surface area contributed by atoms with Crippen molar-refractivity contribution in [3.05, 3.63) is 34.1 Å². The highest BCUT2D eigenvalue weighted by Crippen LogP contribution is 2.23. The van der Waals surface area contributed by atoms with Gasteiger partial charge in [-0.05, 0) is 43.7 Å². The molecule has 0 bridgehead atoms. The Hall–Kier alpha value is -0.0351. The van der Waals surface area contributed by atoms with Crippen LogP contribution in [0.15, 0.2) is 22.7 Å². The van der Waals surface area contributed by atoms with Gasteiger partial charge in [-0.25, -0.2) is 4.39 Å². The van der Waals surface area contributed by atoms with E-state index in [4.69, 9.17) is 5.73 Å².